The van der Waals surface area contributed by atoms with E-state index in [-0.39, 0.29) is 11.4 Å². The fourth-order valence-corrected chi connectivity index (χ4v) is 6.02. The molecule has 8 heteroatoms. The summed E-state index contributed by atoms with van der Waals surface area (Å²) in [5.74, 6) is 0.604. The molecule has 0 amide bonds. The van der Waals surface area contributed by atoms with E-state index in [1.807, 2.05) is 24.3 Å². The van der Waals surface area contributed by atoms with Crippen LogP contribution in [0.2, 0.25) is 0 Å². The number of hydrogen-bond donors (Lipinski definition) is 2. The van der Waals surface area contributed by atoms with Crippen molar-refractivity contribution in [3.05, 3.63) is 62.0 Å². The van der Waals surface area contributed by atoms with Crippen LogP contribution in [0.3, 0.4) is 0 Å². The Hall–Kier alpha value is -2.43. The first-order chi connectivity index (χ1) is 17.4. The number of piperidine rings is 1. The largest absolute Gasteiger partial charge is 0.494 e. The zero-order valence-corrected chi connectivity index (χ0v) is 23.1. The Labute approximate surface area is 226 Å². The molecule has 0 saturated carbocycles. The van der Waals surface area contributed by atoms with Gasteiger partial charge in [0.2, 0.25) is 5.88 Å². The number of H-pyrrole nitrogens is 1. The molecule has 0 aliphatic carbocycles. The van der Waals surface area contributed by atoms with Gasteiger partial charge in [0.05, 0.1) is 11.3 Å². The molecule has 0 spiro atoms. The van der Waals surface area contributed by atoms with Crippen LogP contribution in [-0.4, -0.2) is 79.0 Å². The molecule has 1 aromatic heterocycles. The van der Waals surface area contributed by atoms with E-state index in [9.17, 15) is 9.90 Å². The molecule has 7 nitrogen and oxygen atoms in total. The third kappa shape index (κ3) is 5.60. The van der Waals surface area contributed by atoms with Crippen molar-refractivity contribution in [2.24, 2.45) is 10.9 Å². The number of hydrogen-bond acceptors (Lipinski definition) is 6. The molecule has 2 fully saturated rings. The number of rotatable bonds is 6. The zero-order chi connectivity index (χ0) is 25.2. The van der Waals surface area contributed by atoms with Crippen molar-refractivity contribution in [2.75, 3.05) is 51.7 Å². The summed E-state index contributed by atoms with van der Waals surface area (Å²) in [7, 11) is 4.52. The Morgan fingerprint density at radius 1 is 1.11 bits per heavy atom. The third-order valence-corrected chi connectivity index (χ3v) is 8.38. The van der Waals surface area contributed by atoms with Crippen LogP contribution in [0.4, 0.5) is 11.4 Å². The maximum absolute atomic E-state index is 12.2. The number of fused-ring (bicyclic) bond motifs is 1. The highest BCUT2D eigenvalue weighted by Crippen LogP contribution is 2.28. The van der Waals surface area contributed by atoms with Gasteiger partial charge in [-0.25, -0.2) is 0 Å². The van der Waals surface area contributed by atoms with E-state index >= 15 is 0 Å². The first kappa shape index (κ1) is 25.2. The molecule has 0 radical (unpaired) electrons. The summed E-state index contributed by atoms with van der Waals surface area (Å²) in [5.41, 5.74) is 2.25. The molecule has 2 aliphatic heterocycles. The van der Waals surface area contributed by atoms with Crippen molar-refractivity contribution in [1.29, 1.82) is 0 Å². The molecule has 5 rings (SSSR count). The number of likely N-dealkylation sites (N-methyl/N-ethyl adjacent to an activating group) is 2. The van der Waals surface area contributed by atoms with Gasteiger partial charge in [0.1, 0.15) is 0 Å². The molecule has 1 atom stereocenters. The van der Waals surface area contributed by atoms with Crippen LogP contribution in [0.1, 0.15) is 24.8 Å². The van der Waals surface area contributed by atoms with E-state index in [4.69, 9.17) is 0 Å². The number of pyridine rings is 1. The highest BCUT2D eigenvalue weighted by Gasteiger charge is 2.27. The maximum atomic E-state index is 12.2. The molecule has 2 aromatic carbocycles. The monoisotopic (exact) mass is 599 g/mol. The number of anilines is 1. The lowest BCUT2D eigenvalue weighted by atomic mass is 9.95. The zero-order valence-electron chi connectivity index (χ0n) is 21.0. The van der Waals surface area contributed by atoms with Gasteiger partial charge < -0.3 is 19.8 Å². The Balaban J connectivity index is 1.21. The number of benzene rings is 2. The van der Waals surface area contributed by atoms with Crippen molar-refractivity contribution in [3.8, 4) is 5.88 Å². The second-order valence-electron chi connectivity index (χ2n) is 10.3. The van der Waals surface area contributed by atoms with Crippen LogP contribution < -0.4 is 10.5 Å². The fraction of sp³-hybridized carbons (Fsp3) is 0.429. The minimum atomic E-state index is -0.304. The Morgan fingerprint density at radius 3 is 2.56 bits per heavy atom. The van der Waals surface area contributed by atoms with Gasteiger partial charge in [-0.2, -0.15) is 0 Å². The second-order valence-corrected chi connectivity index (χ2v) is 11.5. The first-order valence-electron chi connectivity index (χ1n) is 12.7. The molecule has 2 aliphatic rings. The van der Waals surface area contributed by atoms with Crippen molar-refractivity contribution in [2.45, 2.75) is 25.3 Å². The van der Waals surface area contributed by atoms with Gasteiger partial charge in [-0.05, 0) is 111 Å². The number of nitrogens with one attached hydrogen (secondary N) is 1. The van der Waals surface area contributed by atoms with Crippen molar-refractivity contribution in [3.63, 3.8) is 0 Å². The van der Waals surface area contributed by atoms with Gasteiger partial charge in [0, 0.05) is 58.5 Å². The standard InChI is InChI=1S/C28H34IN5O2/c1-32-12-11-23(18-32)33(2)17-19-9-13-34(14-10-19)22-6-4-21(5-7-22)30-16-26-25-15-20(29)3-8-24(25)27(35)31-28(26)36/h3-8,15-16,19,23H,9-14,17-18H2,1-2H3,(H2,31,35,36). The van der Waals surface area contributed by atoms with Crippen LogP contribution in [0.25, 0.3) is 10.8 Å². The highest BCUT2D eigenvalue weighted by molar-refractivity contribution is 14.1. The topological polar surface area (TPSA) is 75.2 Å². The number of nitrogens with zero attached hydrogens (tertiary/aromatic N) is 4. The summed E-state index contributed by atoms with van der Waals surface area (Å²) < 4.78 is 0.991. The maximum Gasteiger partial charge on any atom is 0.258 e. The number of halogens is 1. The van der Waals surface area contributed by atoms with Gasteiger partial charge in [-0.3, -0.25) is 14.8 Å². The number of aromatic nitrogens is 1. The number of aromatic hydroxyl groups is 1. The second kappa shape index (κ2) is 10.9. The first-order valence-corrected chi connectivity index (χ1v) is 13.8. The van der Waals surface area contributed by atoms with Gasteiger partial charge in [-0.1, -0.05) is 0 Å². The number of likely N-dealkylation sites (tertiary alicyclic amines) is 1. The number of aliphatic imine (C=N–C) groups is 1. The molecule has 36 heavy (non-hydrogen) atoms. The molecular weight excluding hydrogens is 565 g/mol. The summed E-state index contributed by atoms with van der Waals surface area (Å²) >= 11 is 2.20. The molecule has 3 aromatic rings. The lowest BCUT2D eigenvalue weighted by Crippen LogP contribution is -2.41. The fourth-order valence-electron chi connectivity index (χ4n) is 5.53. The summed E-state index contributed by atoms with van der Waals surface area (Å²) in [6.07, 6.45) is 5.37. The van der Waals surface area contributed by atoms with Crippen LogP contribution in [-0.2, 0) is 0 Å². The minimum Gasteiger partial charge on any atom is -0.494 e. The molecule has 1 unspecified atom stereocenters. The van der Waals surface area contributed by atoms with Crippen LogP contribution in [0.15, 0.2) is 52.3 Å². The Bertz CT molecular complexity index is 1300. The van der Waals surface area contributed by atoms with E-state index in [2.05, 4.69) is 73.5 Å². The molecule has 2 saturated heterocycles. The molecule has 3 heterocycles. The minimum absolute atomic E-state index is 0.164. The molecular formula is C28H34IN5O2. The van der Waals surface area contributed by atoms with E-state index in [0.29, 0.717) is 22.4 Å². The van der Waals surface area contributed by atoms with E-state index in [0.717, 1.165) is 28.3 Å². The van der Waals surface area contributed by atoms with Crippen molar-refractivity contribution in [1.82, 2.24) is 14.8 Å². The molecule has 2 N–H and O–H groups in total. The average Bonchev–Trinajstić information content (AvgIpc) is 3.31. The molecule has 0 bridgehead atoms. The van der Waals surface area contributed by atoms with E-state index in [1.54, 1.807) is 12.3 Å². The van der Waals surface area contributed by atoms with E-state index in [1.165, 1.54) is 44.6 Å². The van der Waals surface area contributed by atoms with E-state index < -0.39 is 0 Å². The normalized spacial score (nSPS) is 19.8. The Morgan fingerprint density at radius 2 is 1.86 bits per heavy atom. The summed E-state index contributed by atoms with van der Waals surface area (Å²) in [4.78, 5) is 26.8. The van der Waals surface area contributed by atoms with Gasteiger partial charge >= 0.3 is 0 Å². The SMILES string of the molecule is CN1CCC(N(C)CC2CCN(c3ccc(N=Cc4c(O)[nH]c(=O)c5ccc(I)cc45)cc3)CC2)C1. The van der Waals surface area contributed by atoms with Crippen LogP contribution >= 0.6 is 22.6 Å². The lowest BCUT2D eigenvalue weighted by molar-refractivity contribution is 0.192. The summed E-state index contributed by atoms with van der Waals surface area (Å²) in [6, 6.07) is 14.5. The summed E-state index contributed by atoms with van der Waals surface area (Å²) in [6.45, 7) is 5.78. The van der Waals surface area contributed by atoms with Crippen LogP contribution in [0, 0.1) is 9.49 Å². The average molecular weight is 600 g/mol. The van der Waals surface area contributed by atoms with Crippen LogP contribution in [0.5, 0.6) is 5.88 Å². The lowest BCUT2D eigenvalue weighted by Gasteiger charge is -2.36. The van der Waals surface area contributed by atoms with Gasteiger partial charge in [-0.15, -0.1) is 0 Å². The smallest absolute Gasteiger partial charge is 0.258 e. The molecule has 190 valence electrons. The third-order valence-electron chi connectivity index (χ3n) is 7.71. The quantitative estimate of drug-likeness (QED) is 0.324. The predicted molar refractivity (Wildman–Crippen MR) is 156 cm³/mol. The summed E-state index contributed by atoms with van der Waals surface area (Å²) in [5, 5.41) is 11.6. The van der Waals surface area contributed by atoms with Gasteiger partial charge in [0.15, 0.2) is 0 Å². The highest BCUT2D eigenvalue weighted by atomic mass is 127. The van der Waals surface area contributed by atoms with Crippen molar-refractivity contribution < 1.29 is 5.11 Å². The number of aromatic amines is 1. The predicted octanol–water partition coefficient (Wildman–Crippen LogP) is 4.44. The van der Waals surface area contributed by atoms with Crippen molar-refractivity contribution >= 4 is 51.0 Å². The Kier molecular flexibility index (Phi) is 7.64. The van der Waals surface area contributed by atoms with Gasteiger partial charge in [0.25, 0.3) is 5.56 Å².